The molecule has 0 spiro atoms. The Bertz CT molecular complexity index is 64.3. The van der Waals surface area contributed by atoms with Crippen LogP contribution in [0.25, 0.3) is 0 Å². The monoisotopic (exact) mass is 146 g/mol. The Hall–Kier alpha value is -0.0800. The van der Waals surface area contributed by atoms with E-state index in [0.717, 1.165) is 25.7 Å². The quantitative estimate of drug-likeness (QED) is 0.590. The molecule has 0 saturated heterocycles. The molecule has 2 heteroatoms. The summed E-state index contributed by atoms with van der Waals surface area (Å²) in [6.07, 6.45) is 3.99. The minimum absolute atomic E-state index is 0.250. The SMILES string of the molecule is CCCC(CO)CCCO. The molecule has 0 aliphatic heterocycles. The molecule has 0 bridgehead atoms. The van der Waals surface area contributed by atoms with Gasteiger partial charge in [-0.3, -0.25) is 0 Å². The Balaban J connectivity index is 3.21. The fraction of sp³-hybridized carbons (Fsp3) is 1.00. The first-order valence-corrected chi connectivity index (χ1v) is 4.06. The zero-order valence-electron chi connectivity index (χ0n) is 6.71. The van der Waals surface area contributed by atoms with Crippen molar-refractivity contribution in [1.82, 2.24) is 0 Å². The van der Waals surface area contributed by atoms with Crippen LogP contribution in [-0.4, -0.2) is 23.4 Å². The van der Waals surface area contributed by atoms with Gasteiger partial charge in [0.1, 0.15) is 0 Å². The van der Waals surface area contributed by atoms with Crippen molar-refractivity contribution >= 4 is 0 Å². The van der Waals surface area contributed by atoms with Gasteiger partial charge in [-0.2, -0.15) is 0 Å². The Morgan fingerprint density at radius 2 is 1.90 bits per heavy atom. The Morgan fingerprint density at radius 3 is 2.30 bits per heavy atom. The standard InChI is InChI=1S/C8H18O2/c1-2-4-8(7-10)5-3-6-9/h8-10H,2-7H2,1H3. The molecule has 0 rings (SSSR count). The maximum Gasteiger partial charge on any atom is 0.0459 e. The van der Waals surface area contributed by atoms with Crippen molar-refractivity contribution in [2.24, 2.45) is 5.92 Å². The average Bonchev–Trinajstić information content (AvgIpc) is 1.98. The average molecular weight is 146 g/mol. The molecule has 0 aromatic carbocycles. The summed E-state index contributed by atoms with van der Waals surface area (Å²) in [5.74, 6) is 0.414. The van der Waals surface area contributed by atoms with E-state index in [-0.39, 0.29) is 13.2 Å². The van der Waals surface area contributed by atoms with Crippen molar-refractivity contribution in [2.75, 3.05) is 13.2 Å². The first kappa shape index (κ1) is 9.92. The second kappa shape index (κ2) is 7.03. The second-order valence-corrected chi connectivity index (χ2v) is 2.70. The van der Waals surface area contributed by atoms with Crippen LogP contribution in [-0.2, 0) is 0 Å². The smallest absolute Gasteiger partial charge is 0.0459 e. The molecule has 0 aromatic rings. The zero-order valence-corrected chi connectivity index (χ0v) is 6.71. The predicted molar refractivity (Wildman–Crippen MR) is 41.8 cm³/mol. The first-order valence-electron chi connectivity index (χ1n) is 4.06. The molecule has 1 atom stereocenters. The normalized spacial score (nSPS) is 13.5. The number of hydrogen-bond acceptors (Lipinski definition) is 2. The summed E-state index contributed by atoms with van der Waals surface area (Å²) in [6.45, 7) is 2.63. The van der Waals surface area contributed by atoms with Crippen LogP contribution < -0.4 is 0 Å². The number of aliphatic hydroxyl groups excluding tert-OH is 2. The summed E-state index contributed by atoms with van der Waals surface area (Å²) in [7, 11) is 0. The van der Waals surface area contributed by atoms with Crippen molar-refractivity contribution in [3.8, 4) is 0 Å². The van der Waals surface area contributed by atoms with Gasteiger partial charge in [-0.25, -0.2) is 0 Å². The van der Waals surface area contributed by atoms with Gasteiger partial charge in [-0.05, 0) is 25.2 Å². The van der Waals surface area contributed by atoms with E-state index in [4.69, 9.17) is 10.2 Å². The van der Waals surface area contributed by atoms with E-state index in [0.29, 0.717) is 5.92 Å². The largest absolute Gasteiger partial charge is 0.396 e. The lowest BCUT2D eigenvalue weighted by molar-refractivity contribution is 0.194. The fourth-order valence-electron chi connectivity index (χ4n) is 1.12. The lowest BCUT2D eigenvalue weighted by Crippen LogP contribution is -2.06. The van der Waals surface area contributed by atoms with Crippen LogP contribution in [0.3, 0.4) is 0 Å². The van der Waals surface area contributed by atoms with Crippen LogP contribution >= 0.6 is 0 Å². The van der Waals surface area contributed by atoms with Crippen LogP contribution in [0.2, 0.25) is 0 Å². The third kappa shape index (κ3) is 4.77. The Kier molecular flexibility index (Phi) is 6.98. The second-order valence-electron chi connectivity index (χ2n) is 2.70. The molecular formula is C8H18O2. The minimum Gasteiger partial charge on any atom is -0.396 e. The predicted octanol–water partition coefficient (Wildman–Crippen LogP) is 1.17. The highest BCUT2D eigenvalue weighted by Gasteiger charge is 2.04. The molecule has 0 aliphatic carbocycles. The molecule has 1 unspecified atom stereocenters. The Labute approximate surface area is 62.9 Å². The summed E-state index contributed by atoms with van der Waals surface area (Å²) in [4.78, 5) is 0. The van der Waals surface area contributed by atoms with Crippen LogP contribution in [0.1, 0.15) is 32.6 Å². The van der Waals surface area contributed by atoms with Crippen LogP contribution in [0, 0.1) is 5.92 Å². The van der Waals surface area contributed by atoms with Gasteiger partial charge in [0.25, 0.3) is 0 Å². The third-order valence-electron chi connectivity index (χ3n) is 1.73. The lowest BCUT2D eigenvalue weighted by Gasteiger charge is -2.10. The highest BCUT2D eigenvalue weighted by molar-refractivity contribution is 4.55. The summed E-state index contributed by atoms with van der Waals surface area (Å²) < 4.78 is 0. The lowest BCUT2D eigenvalue weighted by atomic mass is 9.99. The molecule has 2 nitrogen and oxygen atoms in total. The minimum atomic E-state index is 0.250. The molecule has 2 N–H and O–H groups in total. The first-order chi connectivity index (χ1) is 4.85. The zero-order chi connectivity index (χ0) is 7.82. The number of hydrogen-bond donors (Lipinski definition) is 2. The maximum atomic E-state index is 8.80. The van der Waals surface area contributed by atoms with Crippen LogP contribution in [0.5, 0.6) is 0 Å². The van der Waals surface area contributed by atoms with E-state index >= 15 is 0 Å². The van der Waals surface area contributed by atoms with Gasteiger partial charge >= 0.3 is 0 Å². The van der Waals surface area contributed by atoms with Gasteiger partial charge in [-0.1, -0.05) is 13.3 Å². The molecule has 0 amide bonds. The van der Waals surface area contributed by atoms with E-state index < -0.39 is 0 Å². The van der Waals surface area contributed by atoms with Crippen LogP contribution in [0.4, 0.5) is 0 Å². The molecule has 10 heavy (non-hydrogen) atoms. The van der Waals surface area contributed by atoms with Crippen molar-refractivity contribution in [3.05, 3.63) is 0 Å². The van der Waals surface area contributed by atoms with Gasteiger partial charge in [0.2, 0.25) is 0 Å². The summed E-state index contributed by atoms with van der Waals surface area (Å²) in [5, 5.41) is 17.3. The van der Waals surface area contributed by atoms with E-state index in [1.54, 1.807) is 0 Å². The molecule has 0 aliphatic rings. The molecule has 0 fully saturated rings. The summed E-state index contributed by atoms with van der Waals surface area (Å²) in [6, 6.07) is 0. The van der Waals surface area contributed by atoms with E-state index in [2.05, 4.69) is 6.92 Å². The fourth-order valence-corrected chi connectivity index (χ4v) is 1.12. The molecule has 0 radical (unpaired) electrons. The van der Waals surface area contributed by atoms with Crippen molar-refractivity contribution in [3.63, 3.8) is 0 Å². The van der Waals surface area contributed by atoms with Gasteiger partial charge in [-0.15, -0.1) is 0 Å². The molecular weight excluding hydrogens is 128 g/mol. The van der Waals surface area contributed by atoms with E-state index in [9.17, 15) is 0 Å². The molecule has 0 aromatic heterocycles. The van der Waals surface area contributed by atoms with Crippen molar-refractivity contribution in [2.45, 2.75) is 32.6 Å². The molecule has 0 saturated carbocycles. The number of rotatable bonds is 6. The highest BCUT2D eigenvalue weighted by Crippen LogP contribution is 2.11. The van der Waals surface area contributed by atoms with Crippen LogP contribution in [0.15, 0.2) is 0 Å². The highest BCUT2D eigenvalue weighted by atomic mass is 16.3. The van der Waals surface area contributed by atoms with Gasteiger partial charge in [0, 0.05) is 13.2 Å². The summed E-state index contributed by atoms with van der Waals surface area (Å²) in [5.41, 5.74) is 0. The van der Waals surface area contributed by atoms with Crippen molar-refractivity contribution in [1.29, 1.82) is 0 Å². The van der Waals surface area contributed by atoms with Crippen molar-refractivity contribution < 1.29 is 10.2 Å². The van der Waals surface area contributed by atoms with Gasteiger partial charge < -0.3 is 10.2 Å². The molecule has 0 heterocycles. The topological polar surface area (TPSA) is 40.5 Å². The van der Waals surface area contributed by atoms with Gasteiger partial charge in [0.05, 0.1) is 0 Å². The Morgan fingerprint density at radius 1 is 1.20 bits per heavy atom. The van der Waals surface area contributed by atoms with Gasteiger partial charge in [0.15, 0.2) is 0 Å². The summed E-state index contributed by atoms with van der Waals surface area (Å²) >= 11 is 0. The number of aliphatic hydroxyl groups is 2. The van der Waals surface area contributed by atoms with E-state index in [1.807, 2.05) is 0 Å². The van der Waals surface area contributed by atoms with E-state index in [1.165, 1.54) is 0 Å². The third-order valence-corrected chi connectivity index (χ3v) is 1.73. The maximum absolute atomic E-state index is 8.80. The molecule has 62 valence electrons.